The normalized spacial score (nSPS) is 15.6. The number of nitriles is 1. The molecule has 0 bridgehead atoms. The molecule has 2 saturated carbocycles. The lowest BCUT2D eigenvalue weighted by Gasteiger charge is -2.15. The number of nitrogens with zero attached hydrogens (tertiary/aromatic N) is 9. The van der Waals surface area contributed by atoms with Crippen LogP contribution in [0, 0.1) is 11.3 Å². The number of hydrogen-bond acceptors (Lipinski definition) is 11. The van der Waals surface area contributed by atoms with E-state index in [1.807, 2.05) is 12.1 Å². The van der Waals surface area contributed by atoms with Gasteiger partial charge in [0.05, 0.1) is 23.4 Å². The van der Waals surface area contributed by atoms with Crippen molar-refractivity contribution >= 4 is 33.4 Å². The summed E-state index contributed by atoms with van der Waals surface area (Å²) in [6.45, 7) is 4.26. The monoisotopic (exact) mass is 647 g/mol. The number of fused-ring (bicyclic) bond motifs is 2. The molecule has 0 radical (unpaired) electrons. The first-order chi connectivity index (χ1) is 23.0. The molecule has 6 aromatic heterocycles. The maximum Gasteiger partial charge on any atom is 0.433 e. The summed E-state index contributed by atoms with van der Waals surface area (Å²) in [6, 6.07) is 11.7. The van der Waals surface area contributed by atoms with Crippen molar-refractivity contribution in [2.24, 2.45) is 0 Å². The van der Waals surface area contributed by atoms with Crippen molar-refractivity contribution in [1.29, 1.82) is 5.26 Å². The Hall–Kier alpha value is -5.84. The summed E-state index contributed by atoms with van der Waals surface area (Å²) < 4.78 is 38.8. The summed E-state index contributed by atoms with van der Waals surface area (Å²) >= 11 is 0. The highest BCUT2D eigenvalue weighted by Crippen LogP contribution is 2.40. The van der Waals surface area contributed by atoms with Gasteiger partial charge in [0.25, 0.3) is 0 Å². The van der Waals surface area contributed by atoms with Gasteiger partial charge in [-0.1, -0.05) is 0 Å². The van der Waals surface area contributed by atoms with Crippen LogP contribution in [0.5, 0.6) is 0 Å². The Labute approximate surface area is 272 Å². The molecule has 0 spiro atoms. The van der Waals surface area contributed by atoms with E-state index in [0.29, 0.717) is 22.9 Å². The molecular formula is C34H28F3N11. The van der Waals surface area contributed by atoms with E-state index in [1.165, 1.54) is 6.07 Å². The molecule has 2 aliphatic rings. The third kappa shape index (κ3) is 6.66. The fourth-order valence-corrected chi connectivity index (χ4v) is 4.96. The van der Waals surface area contributed by atoms with Gasteiger partial charge in [-0.2, -0.15) is 18.4 Å². The van der Waals surface area contributed by atoms with Gasteiger partial charge < -0.3 is 10.6 Å². The molecule has 2 aliphatic carbocycles. The Morgan fingerprint density at radius 1 is 0.688 bits per heavy atom. The van der Waals surface area contributed by atoms with E-state index in [2.05, 4.69) is 64.4 Å². The minimum Gasteiger partial charge on any atom is -0.364 e. The summed E-state index contributed by atoms with van der Waals surface area (Å²) in [7, 11) is 0. The van der Waals surface area contributed by atoms with Gasteiger partial charge in [0.1, 0.15) is 29.1 Å². The summed E-state index contributed by atoms with van der Waals surface area (Å²) in [6.07, 6.45) is 9.19. The van der Waals surface area contributed by atoms with Crippen molar-refractivity contribution in [2.75, 3.05) is 10.6 Å². The van der Waals surface area contributed by atoms with Crippen LogP contribution < -0.4 is 10.6 Å². The van der Waals surface area contributed by atoms with Gasteiger partial charge in [0, 0.05) is 57.8 Å². The molecule has 0 atom stereocenters. The SMILES string of the molecule is CC1(Nc2nc(-c3ccnc(C#N)c3)nc3cnccc23)CC1.CC1(Nc2nc(-c3ccnc(C(F)(F)F)c3)nc3cnccc23)CC1. The van der Waals surface area contributed by atoms with E-state index in [4.69, 9.17) is 5.26 Å². The predicted molar refractivity (Wildman–Crippen MR) is 173 cm³/mol. The van der Waals surface area contributed by atoms with Crippen LogP contribution in [0.15, 0.2) is 73.6 Å². The summed E-state index contributed by atoms with van der Waals surface area (Å²) in [5.74, 6) is 2.19. The second-order valence-electron chi connectivity index (χ2n) is 12.4. The van der Waals surface area contributed by atoms with Gasteiger partial charge in [0.2, 0.25) is 0 Å². The number of aromatic nitrogens is 8. The third-order valence-electron chi connectivity index (χ3n) is 8.28. The van der Waals surface area contributed by atoms with Crippen LogP contribution >= 0.6 is 0 Å². The molecule has 0 amide bonds. The molecule has 48 heavy (non-hydrogen) atoms. The van der Waals surface area contributed by atoms with Gasteiger partial charge in [-0.3, -0.25) is 15.0 Å². The Morgan fingerprint density at radius 2 is 1.19 bits per heavy atom. The molecule has 6 heterocycles. The average Bonchev–Trinajstić information content (AvgIpc) is 4.02. The molecule has 8 rings (SSSR count). The van der Waals surface area contributed by atoms with E-state index in [1.54, 1.807) is 49.2 Å². The zero-order valence-corrected chi connectivity index (χ0v) is 25.9. The molecule has 2 N–H and O–H groups in total. The molecule has 11 nitrogen and oxygen atoms in total. The van der Waals surface area contributed by atoms with Crippen LogP contribution in [0.1, 0.15) is 50.9 Å². The Kier molecular flexibility index (Phi) is 7.54. The molecule has 240 valence electrons. The molecule has 6 aromatic rings. The van der Waals surface area contributed by atoms with E-state index in [0.717, 1.165) is 65.6 Å². The van der Waals surface area contributed by atoms with E-state index in [9.17, 15) is 13.2 Å². The first-order valence-corrected chi connectivity index (χ1v) is 15.2. The van der Waals surface area contributed by atoms with Crippen molar-refractivity contribution in [2.45, 2.75) is 56.8 Å². The van der Waals surface area contributed by atoms with Crippen LogP contribution in [0.25, 0.3) is 44.6 Å². The smallest absolute Gasteiger partial charge is 0.364 e. The number of anilines is 2. The van der Waals surface area contributed by atoms with Gasteiger partial charge in [-0.05, 0) is 75.9 Å². The zero-order chi connectivity index (χ0) is 33.5. The second kappa shape index (κ2) is 11.8. The van der Waals surface area contributed by atoms with Crippen LogP contribution in [-0.4, -0.2) is 50.9 Å². The molecule has 14 heteroatoms. The standard InChI is InChI=1S/C17H14F3N5.C17H14N6/c1-16(4-5-16)25-15-11-3-6-21-9-12(11)23-14(24-15)10-2-7-22-13(8-10)17(18,19)20;1-17(4-5-17)23-16-13-3-6-19-10-14(13)21-15(22-16)11-2-7-20-12(8-11)9-18/h2-3,6-9H,4-5H2,1H3,(H,23,24,25);2-3,6-8,10H,4-5H2,1H3,(H,21,22,23). The summed E-state index contributed by atoms with van der Waals surface area (Å²) in [4.78, 5) is 33.7. The maximum absolute atomic E-state index is 12.9. The van der Waals surface area contributed by atoms with Gasteiger partial charge in [-0.15, -0.1) is 0 Å². The highest BCUT2D eigenvalue weighted by atomic mass is 19.4. The van der Waals surface area contributed by atoms with Crippen molar-refractivity contribution in [3.8, 4) is 28.8 Å². The predicted octanol–water partition coefficient (Wildman–Crippen LogP) is 6.99. The highest BCUT2D eigenvalue weighted by molar-refractivity contribution is 5.91. The first-order valence-electron chi connectivity index (χ1n) is 15.2. The van der Waals surface area contributed by atoms with Crippen LogP contribution in [0.4, 0.5) is 24.8 Å². The van der Waals surface area contributed by atoms with Crippen molar-refractivity contribution in [3.05, 3.63) is 85.0 Å². The lowest BCUT2D eigenvalue weighted by atomic mass is 10.2. The molecule has 0 aliphatic heterocycles. The Balaban J connectivity index is 0.000000152. The number of rotatable bonds is 6. The highest BCUT2D eigenvalue weighted by Gasteiger charge is 2.39. The van der Waals surface area contributed by atoms with Crippen LogP contribution in [-0.2, 0) is 6.18 Å². The van der Waals surface area contributed by atoms with Crippen LogP contribution in [0.3, 0.4) is 0 Å². The van der Waals surface area contributed by atoms with Gasteiger partial charge in [-0.25, -0.2) is 24.9 Å². The van der Waals surface area contributed by atoms with E-state index in [-0.39, 0.29) is 22.5 Å². The van der Waals surface area contributed by atoms with E-state index >= 15 is 0 Å². The number of pyridine rings is 4. The molecule has 0 aromatic carbocycles. The minimum absolute atomic E-state index is 0.0306. The summed E-state index contributed by atoms with van der Waals surface area (Å²) in [5, 5.41) is 17.6. The quantitative estimate of drug-likeness (QED) is 0.192. The van der Waals surface area contributed by atoms with Crippen LogP contribution in [0.2, 0.25) is 0 Å². The van der Waals surface area contributed by atoms with Crippen molar-refractivity contribution in [1.82, 2.24) is 39.9 Å². The molecule has 2 fully saturated rings. The molecule has 0 unspecified atom stereocenters. The summed E-state index contributed by atoms with van der Waals surface area (Å²) in [5.41, 5.74) is 1.84. The fourth-order valence-electron chi connectivity index (χ4n) is 4.96. The number of hydrogen-bond donors (Lipinski definition) is 2. The van der Waals surface area contributed by atoms with Gasteiger partial charge >= 0.3 is 6.18 Å². The van der Waals surface area contributed by atoms with Crippen molar-refractivity contribution < 1.29 is 13.2 Å². The molecular weight excluding hydrogens is 619 g/mol. The molecule has 0 saturated heterocycles. The minimum atomic E-state index is -4.52. The van der Waals surface area contributed by atoms with Gasteiger partial charge in [0.15, 0.2) is 11.6 Å². The number of halogens is 3. The number of alkyl halides is 3. The third-order valence-corrected chi connectivity index (χ3v) is 8.28. The Morgan fingerprint density at radius 3 is 1.67 bits per heavy atom. The average molecular weight is 648 g/mol. The zero-order valence-electron chi connectivity index (χ0n) is 25.9. The lowest BCUT2D eigenvalue weighted by Crippen LogP contribution is -2.17. The second-order valence-corrected chi connectivity index (χ2v) is 12.4. The fraction of sp³-hybridized carbons (Fsp3) is 0.265. The maximum atomic E-state index is 12.9. The topological polar surface area (TPSA) is 151 Å². The Bertz CT molecular complexity index is 2210. The first kappa shape index (κ1) is 30.8. The number of nitrogens with one attached hydrogen (secondary N) is 2. The van der Waals surface area contributed by atoms with E-state index < -0.39 is 11.9 Å². The van der Waals surface area contributed by atoms with Crippen molar-refractivity contribution in [3.63, 3.8) is 0 Å². The lowest BCUT2D eigenvalue weighted by molar-refractivity contribution is -0.141. The largest absolute Gasteiger partial charge is 0.433 e.